The monoisotopic (exact) mass is 350 g/mol. The molecule has 0 bridgehead atoms. The summed E-state index contributed by atoms with van der Waals surface area (Å²) < 4.78 is 6.07. The fraction of sp³-hybridized carbons (Fsp3) is 0.786. The van der Waals surface area contributed by atoms with Crippen LogP contribution >= 0.6 is 22.6 Å². The summed E-state index contributed by atoms with van der Waals surface area (Å²) in [4.78, 5) is 10.6. The molecule has 0 amide bonds. The lowest BCUT2D eigenvalue weighted by Gasteiger charge is -2.02. The van der Waals surface area contributed by atoms with Crippen molar-refractivity contribution in [3.63, 3.8) is 0 Å². The highest BCUT2D eigenvalue weighted by Crippen LogP contribution is 2.10. The maximum absolute atomic E-state index is 10.6. The van der Waals surface area contributed by atoms with Crippen molar-refractivity contribution in [2.24, 2.45) is 0 Å². The lowest BCUT2D eigenvalue weighted by Crippen LogP contribution is -2.02. The van der Waals surface area contributed by atoms with Gasteiger partial charge < -0.3 is 4.74 Å². The van der Waals surface area contributed by atoms with E-state index in [9.17, 15) is 4.79 Å². The second-order valence-electron chi connectivity index (χ2n) is 4.15. The predicted octanol–water partition coefficient (Wildman–Crippen LogP) is 4.11. The molecule has 17 heavy (non-hydrogen) atoms. The van der Waals surface area contributed by atoms with Crippen LogP contribution in [0.2, 0.25) is 0 Å². The first-order valence-corrected chi connectivity index (χ1v) is 8.03. The van der Waals surface area contributed by atoms with E-state index in [1.54, 1.807) is 0 Å². The van der Waals surface area contributed by atoms with Crippen LogP contribution in [0.3, 0.4) is 0 Å². The van der Waals surface area contributed by atoms with Gasteiger partial charge in [-0.1, -0.05) is 67.5 Å². The number of esters is 1. The SMILES string of the molecule is C#CC(=O)OCCCCCCCCCCCI. The molecule has 2 nitrogen and oxygen atoms in total. The minimum Gasteiger partial charge on any atom is -0.456 e. The lowest BCUT2D eigenvalue weighted by molar-refractivity contribution is -0.136. The molecule has 0 radical (unpaired) electrons. The third kappa shape index (κ3) is 13.7. The molecule has 0 aromatic rings. The largest absolute Gasteiger partial charge is 0.456 e. The van der Waals surface area contributed by atoms with Crippen molar-refractivity contribution in [2.45, 2.75) is 57.8 Å². The Morgan fingerprint density at radius 1 is 0.941 bits per heavy atom. The summed E-state index contributed by atoms with van der Waals surface area (Å²) in [5.74, 6) is 1.40. The molecule has 98 valence electrons. The molecule has 0 fully saturated rings. The first-order chi connectivity index (χ1) is 8.31. The molecule has 0 atom stereocenters. The summed E-state index contributed by atoms with van der Waals surface area (Å²) in [5.41, 5.74) is 0. The number of hydrogen-bond acceptors (Lipinski definition) is 2. The van der Waals surface area contributed by atoms with Crippen LogP contribution < -0.4 is 0 Å². The number of hydrogen-bond donors (Lipinski definition) is 0. The van der Waals surface area contributed by atoms with E-state index < -0.39 is 5.97 Å². The Kier molecular flexibility index (Phi) is 13.6. The smallest absolute Gasteiger partial charge is 0.384 e. The lowest BCUT2D eigenvalue weighted by atomic mass is 10.1. The van der Waals surface area contributed by atoms with E-state index in [2.05, 4.69) is 22.6 Å². The standard InChI is InChI=1S/C14H23IO2/c1-2-14(16)17-13-11-9-7-5-3-4-6-8-10-12-15/h1H,3-13H2. The average molecular weight is 350 g/mol. The molecular weight excluding hydrogens is 327 g/mol. The van der Waals surface area contributed by atoms with Crippen LogP contribution in [0.4, 0.5) is 0 Å². The molecule has 0 heterocycles. The van der Waals surface area contributed by atoms with Crippen LogP contribution in [0.5, 0.6) is 0 Å². The highest BCUT2D eigenvalue weighted by atomic mass is 127. The Hall–Kier alpha value is -0.240. The molecule has 0 aliphatic heterocycles. The number of alkyl halides is 1. The number of unbranched alkanes of at least 4 members (excludes halogenated alkanes) is 8. The number of halogens is 1. The van der Waals surface area contributed by atoms with Gasteiger partial charge in [0.15, 0.2) is 0 Å². The van der Waals surface area contributed by atoms with Crippen molar-refractivity contribution in [1.29, 1.82) is 0 Å². The molecule has 0 spiro atoms. The third-order valence-electron chi connectivity index (χ3n) is 2.63. The predicted molar refractivity (Wildman–Crippen MR) is 80.2 cm³/mol. The van der Waals surface area contributed by atoms with E-state index in [4.69, 9.17) is 11.2 Å². The fourth-order valence-electron chi connectivity index (χ4n) is 1.64. The van der Waals surface area contributed by atoms with Gasteiger partial charge in [0.1, 0.15) is 0 Å². The second kappa shape index (κ2) is 13.8. The van der Waals surface area contributed by atoms with Crippen LogP contribution in [0.25, 0.3) is 0 Å². The Balaban J connectivity index is 2.99. The minimum atomic E-state index is -0.541. The highest BCUT2D eigenvalue weighted by Gasteiger charge is 1.96. The van der Waals surface area contributed by atoms with Gasteiger partial charge in [-0.05, 0) is 17.3 Å². The molecule has 0 N–H and O–H groups in total. The van der Waals surface area contributed by atoms with Gasteiger partial charge >= 0.3 is 5.97 Å². The normalized spacial score (nSPS) is 9.88. The van der Waals surface area contributed by atoms with Crippen molar-refractivity contribution in [3.05, 3.63) is 0 Å². The van der Waals surface area contributed by atoms with Gasteiger partial charge in [0, 0.05) is 5.92 Å². The van der Waals surface area contributed by atoms with E-state index >= 15 is 0 Å². The molecule has 0 aliphatic rings. The molecular formula is C14H23IO2. The topological polar surface area (TPSA) is 26.3 Å². The van der Waals surface area contributed by atoms with Crippen molar-refractivity contribution in [2.75, 3.05) is 11.0 Å². The first kappa shape index (κ1) is 16.8. The van der Waals surface area contributed by atoms with Crippen LogP contribution in [0.1, 0.15) is 57.8 Å². The van der Waals surface area contributed by atoms with E-state index in [0.29, 0.717) is 6.61 Å². The number of rotatable bonds is 11. The van der Waals surface area contributed by atoms with E-state index in [1.807, 2.05) is 5.92 Å². The van der Waals surface area contributed by atoms with Gasteiger partial charge in [-0.3, -0.25) is 0 Å². The van der Waals surface area contributed by atoms with Crippen molar-refractivity contribution >= 4 is 28.6 Å². The molecule has 0 saturated carbocycles. The van der Waals surface area contributed by atoms with Gasteiger partial charge in [0.2, 0.25) is 0 Å². The van der Waals surface area contributed by atoms with Crippen molar-refractivity contribution in [1.82, 2.24) is 0 Å². The van der Waals surface area contributed by atoms with Gasteiger partial charge in [0.05, 0.1) is 6.61 Å². The van der Waals surface area contributed by atoms with Crippen LogP contribution in [-0.2, 0) is 9.53 Å². The molecule has 0 aromatic carbocycles. The zero-order valence-electron chi connectivity index (χ0n) is 10.5. The van der Waals surface area contributed by atoms with Gasteiger partial charge in [-0.2, -0.15) is 0 Å². The molecule has 0 aliphatic carbocycles. The maximum Gasteiger partial charge on any atom is 0.384 e. The second-order valence-corrected chi connectivity index (χ2v) is 5.23. The summed E-state index contributed by atoms with van der Waals surface area (Å²) in [6.07, 6.45) is 16.3. The van der Waals surface area contributed by atoms with Crippen LogP contribution in [-0.4, -0.2) is 17.0 Å². The average Bonchev–Trinajstić information content (AvgIpc) is 2.35. The van der Waals surface area contributed by atoms with Gasteiger partial charge in [0.25, 0.3) is 0 Å². The summed E-state index contributed by atoms with van der Waals surface area (Å²) in [5, 5.41) is 0. The van der Waals surface area contributed by atoms with Gasteiger partial charge in [-0.25, -0.2) is 4.79 Å². The number of terminal acetylenes is 1. The number of carbonyl (C=O) groups excluding carboxylic acids is 1. The first-order valence-electron chi connectivity index (χ1n) is 6.50. The zero-order valence-corrected chi connectivity index (χ0v) is 12.7. The third-order valence-corrected chi connectivity index (χ3v) is 3.39. The minimum absolute atomic E-state index is 0.471. The molecule has 3 heteroatoms. The van der Waals surface area contributed by atoms with Crippen molar-refractivity contribution < 1.29 is 9.53 Å². The van der Waals surface area contributed by atoms with Crippen LogP contribution in [0, 0.1) is 12.3 Å². The molecule has 0 saturated heterocycles. The fourth-order valence-corrected chi connectivity index (χ4v) is 2.18. The quantitative estimate of drug-likeness (QED) is 0.140. The molecule has 0 aromatic heterocycles. The summed E-state index contributed by atoms with van der Waals surface area (Å²) in [6, 6.07) is 0. The Morgan fingerprint density at radius 3 is 1.88 bits per heavy atom. The Labute approximate surface area is 119 Å². The van der Waals surface area contributed by atoms with Crippen LogP contribution in [0.15, 0.2) is 0 Å². The van der Waals surface area contributed by atoms with E-state index in [-0.39, 0.29) is 0 Å². The zero-order chi connectivity index (χ0) is 12.8. The van der Waals surface area contributed by atoms with E-state index in [0.717, 1.165) is 12.8 Å². The van der Waals surface area contributed by atoms with Crippen molar-refractivity contribution in [3.8, 4) is 12.3 Å². The van der Waals surface area contributed by atoms with Gasteiger partial charge in [-0.15, -0.1) is 6.42 Å². The Morgan fingerprint density at radius 2 is 1.41 bits per heavy atom. The Bertz CT molecular complexity index is 221. The molecule has 0 rings (SSSR count). The summed E-state index contributed by atoms with van der Waals surface area (Å²) in [6.45, 7) is 0.471. The number of ether oxygens (including phenoxy) is 1. The highest BCUT2D eigenvalue weighted by molar-refractivity contribution is 14.1. The molecule has 0 unspecified atom stereocenters. The summed E-state index contributed by atoms with van der Waals surface area (Å²) >= 11 is 2.43. The van der Waals surface area contributed by atoms with E-state index in [1.165, 1.54) is 49.4 Å². The summed E-state index contributed by atoms with van der Waals surface area (Å²) in [7, 11) is 0. The number of carbonyl (C=O) groups is 1. The maximum atomic E-state index is 10.6.